The van der Waals surface area contributed by atoms with E-state index in [4.69, 9.17) is 3.57 Å². The Labute approximate surface area is 53.3 Å². The van der Waals surface area contributed by atoms with Crippen LogP contribution in [0, 0.1) is 0 Å². The van der Waals surface area contributed by atoms with E-state index in [-0.39, 0.29) is 49.6 Å². The van der Waals surface area contributed by atoms with Crippen LogP contribution in [0.25, 0.3) is 0 Å². The molecule has 0 amide bonds. The first-order chi connectivity index (χ1) is 1.00. The van der Waals surface area contributed by atoms with Crippen molar-refractivity contribution >= 4 is 23.1 Å². The van der Waals surface area contributed by atoms with Gasteiger partial charge in [-0.1, -0.05) is 0 Å². The standard InChI is InChI=1S/Mg.H2O.O.Zn.2H/h;1H2;;;;/q+2;;;;2*-1. The molecule has 0 aromatic heterocycles. The van der Waals surface area contributed by atoms with Crippen molar-refractivity contribution in [3.05, 3.63) is 0 Å². The average molecular weight is 126 g/mol. The predicted octanol–water partition coefficient (Wildman–Crippen LogP) is -1.10. The molecule has 2 N–H and O–H groups in total. The maximum absolute atomic E-state index is 8.38. The minimum absolute atomic E-state index is 0. The van der Waals surface area contributed by atoms with E-state index in [0.29, 0.717) is 0 Å². The molecule has 0 aromatic rings. The van der Waals surface area contributed by atoms with Crippen LogP contribution in [0.4, 0.5) is 0 Å². The van der Waals surface area contributed by atoms with Gasteiger partial charge in [0.25, 0.3) is 0 Å². The van der Waals surface area contributed by atoms with Crippen LogP contribution in [0.5, 0.6) is 0 Å². The Morgan fingerprint density at radius 1 is 1.50 bits per heavy atom. The third-order valence-corrected chi connectivity index (χ3v) is 0. The first kappa shape index (κ1) is 19.2. The summed E-state index contributed by atoms with van der Waals surface area (Å²) in [6.45, 7) is 0. The maximum atomic E-state index is 8.38. The van der Waals surface area contributed by atoms with Gasteiger partial charge in [-0.15, -0.1) is 0 Å². The molecule has 2 nitrogen and oxygen atoms in total. The molecule has 4 heavy (non-hydrogen) atoms. The van der Waals surface area contributed by atoms with E-state index in [1.807, 2.05) is 0 Å². The van der Waals surface area contributed by atoms with Gasteiger partial charge in [0.2, 0.25) is 0 Å². The van der Waals surface area contributed by atoms with Gasteiger partial charge in [-0.05, 0) is 0 Å². The molecule has 0 unspecified atom stereocenters. The molecule has 0 saturated carbocycles. The molecular weight excluding hydrogens is 122 g/mol. The van der Waals surface area contributed by atoms with E-state index >= 15 is 0 Å². The zero-order valence-electron chi connectivity index (χ0n) is 4.32. The van der Waals surface area contributed by atoms with Gasteiger partial charge in [-0.25, -0.2) is 0 Å². The molecule has 0 bridgehead atoms. The van der Waals surface area contributed by atoms with Crippen LogP contribution in [0.15, 0.2) is 0 Å². The summed E-state index contributed by atoms with van der Waals surface area (Å²) >= 11 is 0.125. The molecular formula is H4MgO2Zn. The molecule has 4 heteroatoms. The second kappa shape index (κ2) is 31.1. The van der Waals surface area contributed by atoms with Gasteiger partial charge in [-0.3, -0.25) is 0 Å². The predicted molar refractivity (Wildman–Crippen MR) is 12.3 cm³/mol. The Kier molecular flexibility index (Phi) is 149. The Morgan fingerprint density at radius 2 is 1.50 bits per heavy atom. The molecule has 0 radical (unpaired) electrons. The molecule has 0 saturated heterocycles. The SMILES string of the molecule is O.[H-].[H-].[Mg+2].[O]=[Zn]. The van der Waals surface area contributed by atoms with E-state index in [0.717, 1.165) is 0 Å². The summed E-state index contributed by atoms with van der Waals surface area (Å²) in [5, 5.41) is 0. The van der Waals surface area contributed by atoms with Crippen LogP contribution >= 0.6 is 0 Å². The van der Waals surface area contributed by atoms with Crippen molar-refractivity contribution in [2.24, 2.45) is 0 Å². The molecule has 0 fully saturated rings. The molecule has 0 aromatic carbocycles. The minimum atomic E-state index is 0. The summed E-state index contributed by atoms with van der Waals surface area (Å²) in [6, 6.07) is 0. The Bertz CT molecular complexity index is 11.5. The normalized spacial score (nSPS) is 1.50. The summed E-state index contributed by atoms with van der Waals surface area (Å²) < 4.78 is 8.38. The van der Waals surface area contributed by atoms with Crippen LogP contribution < -0.4 is 0 Å². The van der Waals surface area contributed by atoms with Crippen LogP contribution in [0.2, 0.25) is 0 Å². The zero-order valence-corrected chi connectivity index (χ0v) is 6.70. The first-order valence-electron chi connectivity index (χ1n) is 0.289. The molecule has 0 heterocycles. The fourth-order valence-electron chi connectivity index (χ4n) is 0. The average Bonchev–Trinajstić information content (AvgIpc) is 1.00. The molecule has 0 aliphatic carbocycles. The van der Waals surface area contributed by atoms with Crippen molar-refractivity contribution in [2.45, 2.75) is 0 Å². The topological polar surface area (TPSA) is 48.6 Å². The van der Waals surface area contributed by atoms with Crippen molar-refractivity contribution < 1.29 is 30.2 Å². The Balaban J connectivity index is -0.000000000833. The molecule has 0 spiro atoms. The van der Waals surface area contributed by atoms with Crippen molar-refractivity contribution in [3.63, 3.8) is 0 Å². The van der Waals surface area contributed by atoms with E-state index in [2.05, 4.69) is 0 Å². The summed E-state index contributed by atoms with van der Waals surface area (Å²) in [5.41, 5.74) is 0. The van der Waals surface area contributed by atoms with Gasteiger partial charge in [0, 0.05) is 0 Å². The molecule has 0 aliphatic heterocycles. The second-order valence-corrected chi connectivity index (χ2v) is 0. The summed E-state index contributed by atoms with van der Waals surface area (Å²) in [7, 11) is 0. The van der Waals surface area contributed by atoms with Gasteiger partial charge >= 0.3 is 44.9 Å². The summed E-state index contributed by atoms with van der Waals surface area (Å²) in [6.07, 6.45) is 0. The first-order valence-corrected chi connectivity index (χ1v) is 1.50. The molecule has 0 atom stereocenters. The number of rotatable bonds is 0. The number of hydrogen-bond acceptors (Lipinski definition) is 1. The van der Waals surface area contributed by atoms with Crippen molar-refractivity contribution in [3.8, 4) is 0 Å². The van der Waals surface area contributed by atoms with E-state index < -0.39 is 0 Å². The van der Waals surface area contributed by atoms with Crippen molar-refractivity contribution in [1.82, 2.24) is 0 Å². The third-order valence-electron chi connectivity index (χ3n) is 0. The van der Waals surface area contributed by atoms with Crippen molar-refractivity contribution in [2.75, 3.05) is 0 Å². The number of hydrogen-bond donors (Lipinski definition) is 0. The van der Waals surface area contributed by atoms with Gasteiger partial charge in [0.1, 0.15) is 0 Å². The van der Waals surface area contributed by atoms with E-state index in [9.17, 15) is 0 Å². The zero-order chi connectivity index (χ0) is 2.00. The fraction of sp³-hybridized carbons (Fsp3) is 0. The van der Waals surface area contributed by atoms with Crippen LogP contribution in [-0.2, 0) is 21.8 Å². The quantitative estimate of drug-likeness (QED) is 0.379. The molecule has 0 aliphatic rings. The fourth-order valence-corrected chi connectivity index (χ4v) is 0. The summed E-state index contributed by atoms with van der Waals surface area (Å²) in [5.74, 6) is 0. The van der Waals surface area contributed by atoms with Crippen LogP contribution in [-0.4, -0.2) is 28.5 Å². The molecule has 0 rings (SSSR count). The van der Waals surface area contributed by atoms with E-state index in [1.54, 1.807) is 0 Å². The van der Waals surface area contributed by atoms with Crippen LogP contribution in [0.3, 0.4) is 0 Å². The van der Waals surface area contributed by atoms with Gasteiger partial charge in [-0.2, -0.15) is 0 Å². The second-order valence-electron chi connectivity index (χ2n) is 0. The van der Waals surface area contributed by atoms with Crippen molar-refractivity contribution in [1.29, 1.82) is 0 Å². The Morgan fingerprint density at radius 3 is 1.50 bits per heavy atom. The van der Waals surface area contributed by atoms with E-state index in [1.165, 1.54) is 0 Å². The van der Waals surface area contributed by atoms with Gasteiger partial charge in [0.05, 0.1) is 0 Å². The monoisotopic (exact) mass is 124 g/mol. The molecule has 20 valence electrons. The summed E-state index contributed by atoms with van der Waals surface area (Å²) in [4.78, 5) is 0. The van der Waals surface area contributed by atoms with Crippen LogP contribution in [0.1, 0.15) is 2.85 Å². The Hall–Kier alpha value is 1.15. The van der Waals surface area contributed by atoms with Gasteiger partial charge in [0.15, 0.2) is 0 Å². The van der Waals surface area contributed by atoms with Gasteiger partial charge < -0.3 is 8.33 Å². The third kappa shape index (κ3) is 11.0.